The van der Waals surface area contributed by atoms with E-state index in [0.717, 1.165) is 24.9 Å². The van der Waals surface area contributed by atoms with Crippen LogP contribution in [0.25, 0.3) is 0 Å². The molecule has 1 N–H and O–H groups in total. The summed E-state index contributed by atoms with van der Waals surface area (Å²) in [4.78, 5) is 14.9. The monoisotopic (exact) mass is 344 g/mol. The Morgan fingerprint density at radius 2 is 1.72 bits per heavy atom. The number of carbonyl (C=O) groups excluding carboxylic acids is 1. The second-order valence-electron chi connectivity index (χ2n) is 7.96. The van der Waals surface area contributed by atoms with E-state index in [2.05, 4.69) is 48.3 Å². The minimum atomic E-state index is -0.0739. The second-order valence-corrected chi connectivity index (χ2v) is 7.96. The standard InChI is InChI=1S/C22H36N2O/c1-18(2)17-20-9-11-21(12-10-20)19(3)22(25)23-13-5-8-16-24-14-6-4-7-15-24/h9-12,18-19H,4-8,13-17H2,1-3H3,(H,23,25)/t19-/m0/s1. The lowest BCUT2D eigenvalue weighted by Gasteiger charge is -2.26. The number of benzene rings is 1. The Bertz CT molecular complexity index is 503. The zero-order valence-electron chi connectivity index (χ0n) is 16.4. The van der Waals surface area contributed by atoms with Gasteiger partial charge in [0.15, 0.2) is 0 Å². The molecule has 3 heteroatoms. The number of likely N-dealkylation sites (tertiary alicyclic amines) is 1. The number of hydrogen-bond acceptors (Lipinski definition) is 2. The molecular formula is C22H36N2O. The number of nitrogens with one attached hydrogen (secondary N) is 1. The first kappa shape index (κ1) is 20.0. The average Bonchev–Trinajstić information content (AvgIpc) is 2.61. The molecule has 140 valence electrons. The molecule has 0 aliphatic carbocycles. The Hall–Kier alpha value is -1.35. The Morgan fingerprint density at radius 1 is 1.04 bits per heavy atom. The lowest BCUT2D eigenvalue weighted by molar-refractivity contribution is -0.122. The van der Waals surface area contributed by atoms with Crippen molar-refractivity contribution in [2.45, 2.75) is 65.2 Å². The summed E-state index contributed by atoms with van der Waals surface area (Å²) >= 11 is 0. The van der Waals surface area contributed by atoms with Gasteiger partial charge in [0.25, 0.3) is 0 Å². The van der Waals surface area contributed by atoms with Crippen molar-refractivity contribution in [3.63, 3.8) is 0 Å². The molecule has 0 spiro atoms. The molecule has 1 aliphatic heterocycles. The molecule has 1 heterocycles. The van der Waals surface area contributed by atoms with Gasteiger partial charge in [-0.25, -0.2) is 0 Å². The fraction of sp³-hybridized carbons (Fsp3) is 0.682. The van der Waals surface area contributed by atoms with Gasteiger partial charge in [-0.15, -0.1) is 0 Å². The summed E-state index contributed by atoms with van der Waals surface area (Å²) in [5, 5.41) is 3.11. The van der Waals surface area contributed by atoms with Crippen LogP contribution < -0.4 is 5.32 Å². The number of rotatable bonds is 9. The molecule has 1 aromatic carbocycles. The van der Waals surface area contributed by atoms with Gasteiger partial charge in [0, 0.05) is 6.54 Å². The molecule has 25 heavy (non-hydrogen) atoms. The molecule has 0 radical (unpaired) electrons. The zero-order valence-corrected chi connectivity index (χ0v) is 16.4. The fourth-order valence-electron chi connectivity index (χ4n) is 3.57. The molecule has 0 aromatic heterocycles. The van der Waals surface area contributed by atoms with E-state index in [0.29, 0.717) is 5.92 Å². The molecule has 0 saturated carbocycles. The first-order valence-corrected chi connectivity index (χ1v) is 10.1. The third-order valence-corrected chi connectivity index (χ3v) is 5.17. The Labute approximate surface area is 154 Å². The molecule has 1 aromatic rings. The van der Waals surface area contributed by atoms with Gasteiger partial charge in [-0.2, -0.15) is 0 Å². The van der Waals surface area contributed by atoms with Gasteiger partial charge in [0.1, 0.15) is 0 Å². The van der Waals surface area contributed by atoms with Crippen molar-refractivity contribution >= 4 is 5.91 Å². The lowest BCUT2D eigenvalue weighted by Crippen LogP contribution is -2.32. The van der Waals surface area contributed by atoms with Gasteiger partial charge in [-0.05, 0) is 75.7 Å². The number of nitrogens with zero attached hydrogens (tertiary/aromatic N) is 1. The van der Waals surface area contributed by atoms with Crippen LogP contribution in [-0.4, -0.2) is 37.0 Å². The molecule has 0 unspecified atom stereocenters. The highest BCUT2D eigenvalue weighted by Crippen LogP contribution is 2.17. The number of hydrogen-bond donors (Lipinski definition) is 1. The molecule has 2 rings (SSSR count). The summed E-state index contributed by atoms with van der Waals surface area (Å²) in [5.41, 5.74) is 2.46. The van der Waals surface area contributed by atoms with Crippen molar-refractivity contribution in [1.82, 2.24) is 10.2 Å². The van der Waals surface area contributed by atoms with Crippen LogP contribution >= 0.6 is 0 Å². The molecule has 0 bridgehead atoms. The summed E-state index contributed by atoms with van der Waals surface area (Å²) in [6.07, 6.45) is 7.44. The highest BCUT2D eigenvalue weighted by Gasteiger charge is 2.15. The van der Waals surface area contributed by atoms with Gasteiger partial charge in [0.2, 0.25) is 5.91 Å². The molecule has 1 saturated heterocycles. The SMILES string of the molecule is CC(C)Cc1ccc([C@H](C)C(=O)NCCCCN2CCCCC2)cc1. The smallest absolute Gasteiger partial charge is 0.227 e. The highest BCUT2D eigenvalue weighted by molar-refractivity contribution is 5.83. The van der Waals surface area contributed by atoms with Crippen LogP contribution in [0.15, 0.2) is 24.3 Å². The predicted molar refractivity (Wildman–Crippen MR) is 106 cm³/mol. The number of unbranched alkanes of at least 4 members (excludes halogenated alkanes) is 1. The van der Waals surface area contributed by atoms with E-state index >= 15 is 0 Å². The van der Waals surface area contributed by atoms with Crippen molar-refractivity contribution in [1.29, 1.82) is 0 Å². The summed E-state index contributed by atoms with van der Waals surface area (Å²) in [6.45, 7) is 11.0. The number of amides is 1. The molecule has 3 nitrogen and oxygen atoms in total. The lowest BCUT2D eigenvalue weighted by atomic mass is 9.96. The normalized spacial score (nSPS) is 16.8. The molecule has 1 aliphatic rings. The van der Waals surface area contributed by atoms with Gasteiger partial charge >= 0.3 is 0 Å². The van der Waals surface area contributed by atoms with E-state index in [-0.39, 0.29) is 11.8 Å². The largest absolute Gasteiger partial charge is 0.356 e. The maximum absolute atomic E-state index is 12.3. The number of piperidine rings is 1. The maximum Gasteiger partial charge on any atom is 0.227 e. The summed E-state index contributed by atoms with van der Waals surface area (Å²) < 4.78 is 0. The van der Waals surface area contributed by atoms with Crippen LogP contribution in [0.3, 0.4) is 0 Å². The highest BCUT2D eigenvalue weighted by atomic mass is 16.1. The second kappa shape index (κ2) is 10.6. The molecular weight excluding hydrogens is 308 g/mol. The van der Waals surface area contributed by atoms with Crippen molar-refractivity contribution in [3.8, 4) is 0 Å². The van der Waals surface area contributed by atoms with Crippen molar-refractivity contribution in [3.05, 3.63) is 35.4 Å². The number of carbonyl (C=O) groups is 1. The van der Waals surface area contributed by atoms with Crippen molar-refractivity contribution < 1.29 is 4.79 Å². The average molecular weight is 345 g/mol. The summed E-state index contributed by atoms with van der Waals surface area (Å²) in [5.74, 6) is 0.737. The van der Waals surface area contributed by atoms with Crippen molar-refractivity contribution in [2.24, 2.45) is 5.92 Å². The van der Waals surface area contributed by atoms with Crippen LogP contribution in [0.4, 0.5) is 0 Å². The van der Waals surface area contributed by atoms with Gasteiger partial charge in [0.05, 0.1) is 5.92 Å². The Morgan fingerprint density at radius 3 is 2.36 bits per heavy atom. The Kier molecular flexibility index (Phi) is 8.47. The predicted octanol–water partition coefficient (Wildman–Crippen LogP) is 4.37. The first-order valence-electron chi connectivity index (χ1n) is 10.1. The Balaban J connectivity index is 1.65. The van der Waals surface area contributed by atoms with E-state index < -0.39 is 0 Å². The van der Waals surface area contributed by atoms with Crippen LogP contribution in [0.2, 0.25) is 0 Å². The van der Waals surface area contributed by atoms with E-state index in [1.165, 1.54) is 50.9 Å². The molecule has 1 amide bonds. The maximum atomic E-state index is 12.3. The summed E-state index contributed by atoms with van der Waals surface area (Å²) in [7, 11) is 0. The van der Waals surface area contributed by atoms with Crippen LogP contribution in [0, 0.1) is 5.92 Å². The fourth-order valence-corrected chi connectivity index (χ4v) is 3.57. The first-order chi connectivity index (χ1) is 12.1. The minimum Gasteiger partial charge on any atom is -0.356 e. The van der Waals surface area contributed by atoms with E-state index in [1.807, 2.05) is 6.92 Å². The third kappa shape index (κ3) is 7.19. The van der Waals surface area contributed by atoms with Crippen LogP contribution in [0.1, 0.15) is 69.9 Å². The van der Waals surface area contributed by atoms with E-state index in [9.17, 15) is 4.79 Å². The quantitative estimate of drug-likeness (QED) is 0.675. The van der Waals surface area contributed by atoms with Crippen molar-refractivity contribution in [2.75, 3.05) is 26.2 Å². The van der Waals surface area contributed by atoms with Crippen LogP contribution in [-0.2, 0) is 11.2 Å². The van der Waals surface area contributed by atoms with Gasteiger partial charge in [-0.3, -0.25) is 4.79 Å². The molecule has 1 atom stereocenters. The topological polar surface area (TPSA) is 32.3 Å². The van der Waals surface area contributed by atoms with E-state index in [4.69, 9.17) is 0 Å². The minimum absolute atomic E-state index is 0.0739. The van der Waals surface area contributed by atoms with E-state index in [1.54, 1.807) is 0 Å². The van der Waals surface area contributed by atoms with Gasteiger partial charge < -0.3 is 10.2 Å². The third-order valence-electron chi connectivity index (χ3n) is 5.17. The van der Waals surface area contributed by atoms with Gasteiger partial charge in [-0.1, -0.05) is 44.5 Å². The zero-order chi connectivity index (χ0) is 18.1. The van der Waals surface area contributed by atoms with Crippen LogP contribution in [0.5, 0.6) is 0 Å². The summed E-state index contributed by atoms with van der Waals surface area (Å²) in [6, 6.07) is 8.55. The molecule has 1 fully saturated rings.